The number of hydrogen-bond acceptors (Lipinski definition) is 7. The van der Waals surface area contributed by atoms with Crippen LogP contribution in [0.3, 0.4) is 0 Å². The summed E-state index contributed by atoms with van der Waals surface area (Å²) < 4.78 is 29.0. The molecule has 0 bridgehead atoms. The van der Waals surface area contributed by atoms with Gasteiger partial charge in [0.2, 0.25) is 0 Å². The summed E-state index contributed by atoms with van der Waals surface area (Å²) in [4.78, 5) is 33.3. The summed E-state index contributed by atoms with van der Waals surface area (Å²) in [5, 5.41) is 0. The van der Waals surface area contributed by atoms with E-state index in [2.05, 4.69) is 9.88 Å². The number of sulfone groups is 1. The van der Waals surface area contributed by atoms with Crippen LogP contribution in [0.5, 0.6) is 0 Å². The van der Waals surface area contributed by atoms with Gasteiger partial charge < -0.3 is 14.5 Å². The lowest BCUT2D eigenvalue weighted by atomic mass is 10.2. The Balaban J connectivity index is 1.64. The second kappa shape index (κ2) is 9.56. The predicted octanol–water partition coefficient (Wildman–Crippen LogP) is 1.65. The molecule has 0 aliphatic carbocycles. The van der Waals surface area contributed by atoms with Crippen LogP contribution in [0.4, 0.5) is 5.82 Å². The normalized spacial score (nSPS) is 20.6. The molecule has 8 nitrogen and oxygen atoms in total. The van der Waals surface area contributed by atoms with Crippen molar-refractivity contribution in [3.8, 4) is 0 Å². The minimum atomic E-state index is -3.10. The Morgan fingerprint density at radius 2 is 2.07 bits per heavy atom. The molecule has 0 radical (unpaired) electrons. The topological polar surface area (TPSA) is 96.9 Å². The number of nitrogens with zero attached hydrogens (tertiary/aromatic N) is 3. The fraction of sp³-hybridized carbons (Fsp3) is 0.650. The SMILES string of the molecule is CCCCN(C(=O)COC(=O)c1cccnc1N1CCCC1)C1CCS(=O)(=O)C1. The van der Waals surface area contributed by atoms with Crippen molar-refractivity contribution >= 4 is 27.5 Å². The number of carbonyl (C=O) groups excluding carboxylic acids is 2. The van der Waals surface area contributed by atoms with Crippen LogP contribution < -0.4 is 4.90 Å². The van der Waals surface area contributed by atoms with Gasteiger partial charge in [0.1, 0.15) is 11.4 Å². The molecular formula is C20H29N3O5S. The quantitative estimate of drug-likeness (QED) is 0.587. The summed E-state index contributed by atoms with van der Waals surface area (Å²) in [7, 11) is -3.10. The van der Waals surface area contributed by atoms with Gasteiger partial charge in [-0.1, -0.05) is 13.3 Å². The number of ether oxygens (including phenoxy) is 1. The number of esters is 1. The van der Waals surface area contributed by atoms with E-state index in [0.29, 0.717) is 24.3 Å². The third-order valence-electron chi connectivity index (χ3n) is 5.46. The molecule has 160 valence electrons. The molecule has 9 heteroatoms. The monoisotopic (exact) mass is 423 g/mol. The second-order valence-corrected chi connectivity index (χ2v) is 9.87. The fourth-order valence-electron chi connectivity index (χ4n) is 3.89. The highest BCUT2D eigenvalue weighted by Gasteiger charge is 2.34. The standard InChI is InChI=1S/C20H29N3O5S/c1-2-3-12-23(16-8-13-29(26,27)15-16)18(24)14-28-20(25)17-7-6-9-21-19(17)22-10-4-5-11-22/h6-7,9,16H,2-5,8,10-15H2,1H3. The Morgan fingerprint density at radius 3 is 2.72 bits per heavy atom. The molecule has 2 fully saturated rings. The van der Waals surface area contributed by atoms with Crippen LogP contribution in [0.2, 0.25) is 0 Å². The van der Waals surface area contributed by atoms with Crippen LogP contribution in [-0.4, -0.2) is 74.0 Å². The fourth-order valence-corrected chi connectivity index (χ4v) is 5.62. The maximum atomic E-state index is 12.8. The Morgan fingerprint density at radius 1 is 1.31 bits per heavy atom. The van der Waals surface area contributed by atoms with Gasteiger partial charge in [-0.05, 0) is 37.8 Å². The first kappa shape index (κ1) is 21.5. The summed E-state index contributed by atoms with van der Waals surface area (Å²) in [6.07, 6.45) is 5.85. The van der Waals surface area contributed by atoms with Gasteiger partial charge in [0.25, 0.3) is 5.91 Å². The zero-order valence-electron chi connectivity index (χ0n) is 16.9. The molecule has 0 N–H and O–H groups in total. The van der Waals surface area contributed by atoms with E-state index < -0.39 is 22.4 Å². The lowest BCUT2D eigenvalue weighted by molar-refractivity contribution is -0.136. The molecule has 0 spiro atoms. The molecule has 3 heterocycles. The van der Waals surface area contributed by atoms with E-state index in [-0.39, 0.29) is 23.5 Å². The van der Waals surface area contributed by atoms with Gasteiger partial charge in [0.05, 0.1) is 11.5 Å². The molecule has 1 amide bonds. The lowest BCUT2D eigenvalue weighted by Gasteiger charge is -2.28. The maximum Gasteiger partial charge on any atom is 0.342 e. The highest BCUT2D eigenvalue weighted by molar-refractivity contribution is 7.91. The zero-order chi connectivity index (χ0) is 20.9. The van der Waals surface area contributed by atoms with Crippen molar-refractivity contribution in [2.24, 2.45) is 0 Å². The Hall–Kier alpha value is -2.16. The van der Waals surface area contributed by atoms with Crippen molar-refractivity contribution in [2.75, 3.05) is 42.6 Å². The van der Waals surface area contributed by atoms with E-state index in [4.69, 9.17) is 4.74 Å². The largest absolute Gasteiger partial charge is 0.452 e. The molecule has 29 heavy (non-hydrogen) atoms. The molecule has 1 aromatic heterocycles. The molecule has 1 aromatic rings. The average Bonchev–Trinajstić information content (AvgIpc) is 3.36. The van der Waals surface area contributed by atoms with Crippen LogP contribution in [-0.2, 0) is 19.4 Å². The Kier molecular flexibility index (Phi) is 7.10. The van der Waals surface area contributed by atoms with Gasteiger partial charge in [0, 0.05) is 31.9 Å². The number of aromatic nitrogens is 1. The number of unbranched alkanes of at least 4 members (excludes halogenated alkanes) is 1. The number of rotatable bonds is 8. The van der Waals surface area contributed by atoms with Crippen molar-refractivity contribution in [2.45, 2.75) is 45.1 Å². The van der Waals surface area contributed by atoms with Gasteiger partial charge in [-0.25, -0.2) is 18.2 Å². The molecule has 2 aliphatic rings. The van der Waals surface area contributed by atoms with E-state index in [1.165, 1.54) is 0 Å². The molecule has 0 saturated carbocycles. The van der Waals surface area contributed by atoms with Crippen molar-refractivity contribution in [1.29, 1.82) is 0 Å². The number of pyridine rings is 1. The van der Waals surface area contributed by atoms with Crippen LogP contribution in [0.1, 0.15) is 49.4 Å². The second-order valence-electron chi connectivity index (χ2n) is 7.64. The molecule has 2 saturated heterocycles. The summed E-state index contributed by atoms with van der Waals surface area (Å²) in [5.41, 5.74) is 0.353. The first-order valence-corrected chi connectivity index (χ1v) is 12.1. The first-order valence-electron chi connectivity index (χ1n) is 10.3. The smallest absolute Gasteiger partial charge is 0.342 e. The number of hydrogen-bond donors (Lipinski definition) is 0. The van der Waals surface area contributed by atoms with Gasteiger partial charge in [-0.15, -0.1) is 0 Å². The molecule has 0 aromatic carbocycles. The summed E-state index contributed by atoms with van der Waals surface area (Å²) in [5.74, 6) is -0.254. The summed E-state index contributed by atoms with van der Waals surface area (Å²) in [6.45, 7) is 3.77. The molecular weight excluding hydrogens is 394 g/mol. The third-order valence-corrected chi connectivity index (χ3v) is 7.21. The summed E-state index contributed by atoms with van der Waals surface area (Å²) >= 11 is 0. The van der Waals surface area contributed by atoms with Crippen LogP contribution in [0, 0.1) is 0 Å². The zero-order valence-corrected chi connectivity index (χ0v) is 17.7. The minimum absolute atomic E-state index is 0.0158. The van der Waals surface area contributed by atoms with Crippen LogP contribution in [0.15, 0.2) is 18.3 Å². The highest BCUT2D eigenvalue weighted by Crippen LogP contribution is 2.23. The molecule has 2 aliphatic heterocycles. The Bertz CT molecular complexity index is 836. The van der Waals surface area contributed by atoms with E-state index >= 15 is 0 Å². The molecule has 1 atom stereocenters. The Labute approximate surface area is 172 Å². The van der Waals surface area contributed by atoms with Crippen molar-refractivity contribution in [3.05, 3.63) is 23.9 Å². The lowest BCUT2D eigenvalue weighted by Crippen LogP contribution is -2.44. The average molecular weight is 424 g/mol. The number of amides is 1. The van der Waals surface area contributed by atoms with Gasteiger partial charge in [0.15, 0.2) is 16.4 Å². The third kappa shape index (κ3) is 5.46. The van der Waals surface area contributed by atoms with Crippen LogP contribution in [0.25, 0.3) is 0 Å². The van der Waals surface area contributed by atoms with Gasteiger partial charge in [-0.2, -0.15) is 0 Å². The summed E-state index contributed by atoms with van der Waals surface area (Å²) in [6, 6.07) is 3.00. The van der Waals surface area contributed by atoms with Crippen molar-refractivity contribution in [1.82, 2.24) is 9.88 Å². The van der Waals surface area contributed by atoms with E-state index in [0.717, 1.165) is 38.8 Å². The maximum absolute atomic E-state index is 12.8. The highest BCUT2D eigenvalue weighted by atomic mass is 32.2. The van der Waals surface area contributed by atoms with E-state index in [1.54, 1.807) is 23.2 Å². The first-order chi connectivity index (χ1) is 13.9. The van der Waals surface area contributed by atoms with Crippen molar-refractivity contribution < 1.29 is 22.7 Å². The minimum Gasteiger partial charge on any atom is -0.452 e. The van der Waals surface area contributed by atoms with Gasteiger partial charge in [-0.3, -0.25) is 4.79 Å². The number of anilines is 1. The van der Waals surface area contributed by atoms with Gasteiger partial charge >= 0.3 is 5.97 Å². The van der Waals surface area contributed by atoms with Crippen molar-refractivity contribution in [3.63, 3.8) is 0 Å². The predicted molar refractivity (Wildman–Crippen MR) is 110 cm³/mol. The van der Waals surface area contributed by atoms with Crippen LogP contribution >= 0.6 is 0 Å². The van der Waals surface area contributed by atoms with E-state index in [9.17, 15) is 18.0 Å². The number of carbonyl (C=O) groups is 2. The van der Waals surface area contributed by atoms with E-state index in [1.807, 2.05) is 6.92 Å². The molecule has 1 unspecified atom stereocenters. The molecule has 3 rings (SSSR count).